The molecule has 7 heteroatoms. The Bertz CT molecular complexity index is 654. The van der Waals surface area contributed by atoms with Crippen LogP contribution in [0.25, 0.3) is 6.08 Å². The lowest BCUT2D eigenvalue weighted by molar-refractivity contribution is -0.274. The Kier molecular flexibility index (Phi) is 5.86. The molecule has 142 valence electrons. The molecule has 0 spiro atoms. The number of carbonyl (C=O) groups excluding carboxylic acids is 1. The predicted molar refractivity (Wildman–Crippen MR) is 92.6 cm³/mol. The van der Waals surface area contributed by atoms with Crippen LogP contribution in [-0.4, -0.2) is 54.3 Å². The monoisotopic (exact) mass is 368 g/mol. The summed E-state index contributed by atoms with van der Waals surface area (Å²) < 4.78 is 40.8. The standard InChI is InChI=1S/C19H23F3N2O2/c20-19(21,22)26-17-7-3-5-15(13-17)8-9-18(25)24-12-4-6-16(24)14-23-10-1-2-11-23/h3,5,7-9,13,16H,1-2,4,6,10-12,14H2. The highest BCUT2D eigenvalue weighted by Crippen LogP contribution is 2.24. The Hall–Kier alpha value is -2.02. The largest absolute Gasteiger partial charge is 0.573 e. The van der Waals surface area contributed by atoms with Crippen molar-refractivity contribution in [1.29, 1.82) is 0 Å². The first-order valence-corrected chi connectivity index (χ1v) is 8.97. The normalized spacial score (nSPS) is 21.7. The zero-order valence-corrected chi connectivity index (χ0v) is 14.5. The molecular formula is C19H23F3N2O2. The van der Waals surface area contributed by atoms with Crippen LogP contribution in [0.2, 0.25) is 0 Å². The van der Waals surface area contributed by atoms with Crippen LogP contribution in [-0.2, 0) is 4.79 Å². The van der Waals surface area contributed by atoms with E-state index in [2.05, 4.69) is 9.64 Å². The summed E-state index contributed by atoms with van der Waals surface area (Å²) in [6, 6.07) is 5.84. The molecule has 1 amide bonds. The minimum Gasteiger partial charge on any atom is -0.406 e. The number of hydrogen-bond donors (Lipinski definition) is 0. The number of alkyl halides is 3. The van der Waals surface area contributed by atoms with Crippen LogP contribution in [0, 0.1) is 0 Å². The third-order valence-electron chi connectivity index (χ3n) is 4.84. The van der Waals surface area contributed by atoms with Crippen LogP contribution in [0.3, 0.4) is 0 Å². The highest BCUT2D eigenvalue weighted by Gasteiger charge is 2.31. The van der Waals surface area contributed by atoms with Crippen molar-refractivity contribution >= 4 is 12.0 Å². The summed E-state index contributed by atoms with van der Waals surface area (Å²) in [6.45, 7) is 3.84. The van der Waals surface area contributed by atoms with Crippen molar-refractivity contribution in [2.45, 2.75) is 38.1 Å². The van der Waals surface area contributed by atoms with E-state index < -0.39 is 6.36 Å². The number of hydrogen-bond acceptors (Lipinski definition) is 3. The maximum atomic E-state index is 12.5. The van der Waals surface area contributed by atoms with Crippen LogP contribution in [0.1, 0.15) is 31.2 Å². The van der Waals surface area contributed by atoms with E-state index in [-0.39, 0.29) is 17.7 Å². The van der Waals surface area contributed by atoms with E-state index in [0.717, 1.165) is 39.0 Å². The molecule has 2 aliphatic heterocycles. The van der Waals surface area contributed by atoms with Crippen molar-refractivity contribution in [3.05, 3.63) is 35.9 Å². The summed E-state index contributed by atoms with van der Waals surface area (Å²) in [4.78, 5) is 16.8. The molecule has 0 aliphatic carbocycles. The van der Waals surface area contributed by atoms with Gasteiger partial charge >= 0.3 is 6.36 Å². The van der Waals surface area contributed by atoms with E-state index >= 15 is 0 Å². The number of amides is 1. The molecule has 2 aliphatic rings. The Morgan fingerprint density at radius 2 is 1.96 bits per heavy atom. The Balaban J connectivity index is 1.60. The average molecular weight is 368 g/mol. The number of halogens is 3. The van der Waals surface area contributed by atoms with Gasteiger partial charge in [0, 0.05) is 25.2 Å². The molecule has 0 radical (unpaired) electrons. The van der Waals surface area contributed by atoms with Crippen molar-refractivity contribution in [3.8, 4) is 5.75 Å². The third-order valence-corrected chi connectivity index (χ3v) is 4.84. The second-order valence-corrected chi connectivity index (χ2v) is 6.79. The molecule has 4 nitrogen and oxygen atoms in total. The second kappa shape index (κ2) is 8.12. The number of ether oxygens (including phenoxy) is 1. The summed E-state index contributed by atoms with van der Waals surface area (Å²) in [7, 11) is 0. The smallest absolute Gasteiger partial charge is 0.406 e. The summed E-state index contributed by atoms with van der Waals surface area (Å²) >= 11 is 0. The van der Waals surface area contributed by atoms with E-state index in [1.165, 1.54) is 43.2 Å². The average Bonchev–Trinajstić information content (AvgIpc) is 3.24. The molecular weight excluding hydrogens is 345 g/mol. The number of benzene rings is 1. The molecule has 1 unspecified atom stereocenters. The van der Waals surface area contributed by atoms with Crippen LogP contribution < -0.4 is 4.74 Å². The first-order valence-electron chi connectivity index (χ1n) is 8.97. The number of nitrogens with zero attached hydrogens (tertiary/aromatic N) is 2. The summed E-state index contributed by atoms with van der Waals surface area (Å²) in [5.74, 6) is -0.381. The van der Waals surface area contributed by atoms with Gasteiger partial charge < -0.3 is 14.5 Å². The third kappa shape index (κ3) is 5.24. The van der Waals surface area contributed by atoms with Gasteiger partial charge in [0.2, 0.25) is 5.91 Å². The van der Waals surface area contributed by atoms with Gasteiger partial charge in [-0.05, 0) is 62.5 Å². The van der Waals surface area contributed by atoms with Gasteiger partial charge in [0.25, 0.3) is 0 Å². The van der Waals surface area contributed by atoms with E-state index in [0.29, 0.717) is 5.56 Å². The van der Waals surface area contributed by atoms with E-state index in [9.17, 15) is 18.0 Å². The summed E-state index contributed by atoms with van der Waals surface area (Å²) in [5.41, 5.74) is 0.496. The van der Waals surface area contributed by atoms with Gasteiger partial charge in [-0.15, -0.1) is 13.2 Å². The van der Waals surface area contributed by atoms with Gasteiger partial charge in [-0.1, -0.05) is 12.1 Å². The predicted octanol–water partition coefficient (Wildman–Crippen LogP) is 3.69. The number of carbonyl (C=O) groups is 1. The maximum Gasteiger partial charge on any atom is 0.573 e. The first kappa shape index (κ1) is 18.8. The van der Waals surface area contributed by atoms with Crippen LogP contribution in [0.4, 0.5) is 13.2 Å². The quantitative estimate of drug-likeness (QED) is 0.744. The lowest BCUT2D eigenvalue weighted by Crippen LogP contribution is -2.41. The van der Waals surface area contributed by atoms with Gasteiger partial charge in [0.05, 0.1) is 0 Å². The maximum absolute atomic E-state index is 12.5. The van der Waals surface area contributed by atoms with Gasteiger partial charge in [0.1, 0.15) is 5.75 Å². The minimum atomic E-state index is -4.73. The van der Waals surface area contributed by atoms with Crippen molar-refractivity contribution in [2.75, 3.05) is 26.2 Å². The molecule has 2 heterocycles. The van der Waals surface area contributed by atoms with Crippen LogP contribution in [0.15, 0.2) is 30.3 Å². The highest BCUT2D eigenvalue weighted by atomic mass is 19.4. The Morgan fingerprint density at radius 3 is 2.69 bits per heavy atom. The topological polar surface area (TPSA) is 32.8 Å². The Labute approximate surface area is 151 Å². The second-order valence-electron chi connectivity index (χ2n) is 6.79. The molecule has 0 aromatic heterocycles. The van der Waals surface area contributed by atoms with Gasteiger partial charge in [-0.25, -0.2) is 0 Å². The summed E-state index contributed by atoms with van der Waals surface area (Å²) in [5, 5.41) is 0. The summed E-state index contributed by atoms with van der Waals surface area (Å²) in [6.07, 6.45) is 2.69. The van der Waals surface area contributed by atoms with Crippen LogP contribution in [0.5, 0.6) is 5.75 Å². The van der Waals surface area contributed by atoms with Crippen molar-refractivity contribution in [1.82, 2.24) is 9.80 Å². The lowest BCUT2D eigenvalue weighted by Gasteiger charge is -2.27. The van der Waals surface area contributed by atoms with Crippen molar-refractivity contribution < 1.29 is 22.7 Å². The molecule has 1 aromatic carbocycles. The van der Waals surface area contributed by atoms with Crippen LogP contribution >= 0.6 is 0 Å². The molecule has 3 rings (SSSR count). The zero-order chi connectivity index (χ0) is 18.6. The Morgan fingerprint density at radius 1 is 1.19 bits per heavy atom. The zero-order valence-electron chi connectivity index (χ0n) is 14.5. The van der Waals surface area contributed by atoms with E-state index in [1.54, 1.807) is 6.07 Å². The molecule has 0 bridgehead atoms. The van der Waals surface area contributed by atoms with Crippen molar-refractivity contribution in [2.24, 2.45) is 0 Å². The molecule has 1 atom stereocenters. The number of rotatable bonds is 5. The fourth-order valence-electron chi connectivity index (χ4n) is 3.66. The van der Waals surface area contributed by atoms with Gasteiger partial charge in [-0.3, -0.25) is 4.79 Å². The lowest BCUT2D eigenvalue weighted by atomic mass is 10.2. The SMILES string of the molecule is O=C(C=Cc1cccc(OC(F)(F)F)c1)N1CCCC1CN1CCCC1. The van der Waals surface area contributed by atoms with Gasteiger partial charge in [0.15, 0.2) is 0 Å². The van der Waals surface area contributed by atoms with Gasteiger partial charge in [-0.2, -0.15) is 0 Å². The molecule has 0 saturated carbocycles. The molecule has 0 N–H and O–H groups in total. The first-order chi connectivity index (χ1) is 12.4. The number of likely N-dealkylation sites (tertiary alicyclic amines) is 2. The molecule has 2 saturated heterocycles. The molecule has 1 aromatic rings. The molecule has 2 fully saturated rings. The highest BCUT2D eigenvalue weighted by molar-refractivity contribution is 5.92. The van der Waals surface area contributed by atoms with Crippen molar-refractivity contribution in [3.63, 3.8) is 0 Å². The van der Waals surface area contributed by atoms with E-state index in [4.69, 9.17) is 0 Å². The minimum absolute atomic E-state index is 0.0890. The van der Waals surface area contributed by atoms with E-state index in [1.807, 2.05) is 4.90 Å². The molecule has 26 heavy (non-hydrogen) atoms. The fourth-order valence-corrected chi connectivity index (χ4v) is 3.66. The fraction of sp³-hybridized carbons (Fsp3) is 0.526.